The standard InChI is InChI=1S/C62H111O11P/c1-4-7-10-13-16-19-22-25-27-28-29-30-32-34-36-39-42-45-48-51-60(64)69-55-59(73-62(66)53-50-47-44-41-38-35-31-26-23-20-17-14-11-8-5-2)57-71-74(67,68)70-56-58(54-63)72-61(65)52-49-46-43-40-37-33-24-21-18-15-12-9-6-3/h8,11-12,15,17,20-21,24,26,31,58-59,63H,4-7,9-10,13-14,16,18-19,22-23,25,27-30,32-57H2,1-3H3,(H,67,68)/b11-8-,15-12-,20-17-,24-21-,31-26-. The van der Waals surface area contributed by atoms with Crippen LogP contribution in [0.4, 0.5) is 0 Å². The molecule has 11 nitrogen and oxygen atoms in total. The van der Waals surface area contributed by atoms with Gasteiger partial charge in [-0.1, -0.05) is 242 Å². The van der Waals surface area contributed by atoms with Crippen molar-refractivity contribution >= 4 is 25.7 Å². The third kappa shape index (κ3) is 54.0. The lowest BCUT2D eigenvalue weighted by Crippen LogP contribution is -2.30. The van der Waals surface area contributed by atoms with E-state index >= 15 is 0 Å². The van der Waals surface area contributed by atoms with Gasteiger partial charge in [-0.2, -0.15) is 0 Å². The molecule has 0 heterocycles. The van der Waals surface area contributed by atoms with Crippen LogP contribution in [-0.2, 0) is 42.2 Å². The zero-order valence-electron chi connectivity index (χ0n) is 47.6. The van der Waals surface area contributed by atoms with Crippen molar-refractivity contribution in [2.45, 2.75) is 290 Å². The number of aliphatic hydroxyl groups excluding tert-OH is 1. The van der Waals surface area contributed by atoms with Crippen molar-refractivity contribution in [2.24, 2.45) is 0 Å². The number of rotatable bonds is 56. The number of ether oxygens (including phenoxy) is 3. The zero-order valence-corrected chi connectivity index (χ0v) is 48.5. The molecule has 0 fully saturated rings. The van der Waals surface area contributed by atoms with Gasteiger partial charge >= 0.3 is 25.7 Å². The Kier molecular flexibility index (Phi) is 54.2. The maximum Gasteiger partial charge on any atom is 0.472 e. The Morgan fingerprint density at radius 2 is 0.730 bits per heavy atom. The third-order valence-electron chi connectivity index (χ3n) is 12.9. The number of esters is 3. The number of phosphoric ester groups is 1. The summed E-state index contributed by atoms with van der Waals surface area (Å²) >= 11 is 0. The van der Waals surface area contributed by atoms with Gasteiger partial charge in [0.25, 0.3) is 0 Å². The smallest absolute Gasteiger partial charge is 0.462 e. The molecule has 0 aromatic heterocycles. The van der Waals surface area contributed by atoms with E-state index in [2.05, 4.69) is 81.5 Å². The van der Waals surface area contributed by atoms with Crippen LogP contribution >= 0.6 is 7.82 Å². The first kappa shape index (κ1) is 71.2. The monoisotopic (exact) mass is 1060 g/mol. The van der Waals surface area contributed by atoms with Crippen LogP contribution in [0.25, 0.3) is 0 Å². The van der Waals surface area contributed by atoms with E-state index in [0.29, 0.717) is 19.3 Å². The minimum Gasteiger partial charge on any atom is -0.462 e. The normalized spacial score (nSPS) is 13.7. The molecule has 0 saturated carbocycles. The molecule has 0 aliphatic rings. The predicted molar refractivity (Wildman–Crippen MR) is 307 cm³/mol. The highest BCUT2D eigenvalue weighted by atomic mass is 31.2. The first-order valence-electron chi connectivity index (χ1n) is 30.2. The van der Waals surface area contributed by atoms with Gasteiger partial charge in [-0.3, -0.25) is 23.4 Å². The number of aliphatic hydroxyl groups is 1. The van der Waals surface area contributed by atoms with Gasteiger partial charge in [0.15, 0.2) is 6.10 Å². The Hall–Kier alpha value is -2.82. The maximum absolute atomic E-state index is 12.9. The van der Waals surface area contributed by atoms with Gasteiger partial charge in [0, 0.05) is 19.3 Å². The number of phosphoric acid groups is 1. The zero-order chi connectivity index (χ0) is 54.1. The molecule has 0 radical (unpaired) electrons. The third-order valence-corrected chi connectivity index (χ3v) is 13.9. The average molecular weight is 1060 g/mol. The number of carbonyl (C=O) groups is 3. The Bertz CT molecular complexity index is 1470. The summed E-state index contributed by atoms with van der Waals surface area (Å²) in [5, 5.41) is 9.81. The number of hydrogen-bond acceptors (Lipinski definition) is 10. The summed E-state index contributed by atoms with van der Waals surface area (Å²) in [4.78, 5) is 48.6. The minimum absolute atomic E-state index is 0.148. The van der Waals surface area contributed by atoms with E-state index in [1.165, 1.54) is 103 Å². The molecule has 0 amide bonds. The molecule has 12 heteroatoms. The molecule has 2 N–H and O–H groups in total. The van der Waals surface area contributed by atoms with Gasteiger partial charge in [0.2, 0.25) is 0 Å². The van der Waals surface area contributed by atoms with Crippen molar-refractivity contribution in [3.63, 3.8) is 0 Å². The lowest BCUT2D eigenvalue weighted by Gasteiger charge is -2.21. The van der Waals surface area contributed by atoms with Gasteiger partial charge in [-0.15, -0.1) is 0 Å². The van der Waals surface area contributed by atoms with E-state index in [1.807, 2.05) is 0 Å². The van der Waals surface area contributed by atoms with Gasteiger partial charge in [0.1, 0.15) is 12.7 Å². The molecule has 74 heavy (non-hydrogen) atoms. The van der Waals surface area contributed by atoms with Crippen LogP contribution in [0.15, 0.2) is 60.8 Å². The summed E-state index contributed by atoms with van der Waals surface area (Å²) in [6.07, 6.45) is 61.8. The van der Waals surface area contributed by atoms with Crippen molar-refractivity contribution in [2.75, 3.05) is 26.4 Å². The number of hydrogen-bond donors (Lipinski definition) is 2. The fraction of sp³-hybridized carbons (Fsp3) is 0.790. The van der Waals surface area contributed by atoms with Crippen molar-refractivity contribution in [3.8, 4) is 0 Å². The van der Waals surface area contributed by atoms with Crippen LogP contribution < -0.4 is 0 Å². The minimum atomic E-state index is -4.76. The summed E-state index contributed by atoms with van der Waals surface area (Å²) < 4.78 is 39.5. The van der Waals surface area contributed by atoms with Crippen molar-refractivity contribution in [3.05, 3.63) is 60.8 Å². The van der Waals surface area contributed by atoms with E-state index in [9.17, 15) is 28.9 Å². The second kappa shape index (κ2) is 56.4. The van der Waals surface area contributed by atoms with Crippen LogP contribution in [0, 0.1) is 0 Å². The largest absolute Gasteiger partial charge is 0.472 e. The van der Waals surface area contributed by atoms with Crippen LogP contribution in [-0.4, -0.2) is 66.5 Å². The van der Waals surface area contributed by atoms with Crippen molar-refractivity contribution in [1.82, 2.24) is 0 Å². The van der Waals surface area contributed by atoms with E-state index in [-0.39, 0.29) is 25.9 Å². The lowest BCUT2D eigenvalue weighted by molar-refractivity contribution is -0.161. The van der Waals surface area contributed by atoms with Crippen LogP contribution in [0.3, 0.4) is 0 Å². The quantitative estimate of drug-likeness (QED) is 0.0197. The van der Waals surface area contributed by atoms with Crippen LogP contribution in [0.1, 0.15) is 278 Å². The van der Waals surface area contributed by atoms with Gasteiger partial charge < -0.3 is 24.2 Å². The molecular weight excluding hydrogens is 952 g/mol. The molecule has 0 bridgehead atoms. The molecule has 0 saturated heterocycles. The van der Waals surface area contributed by atoms with E-state index in [4.69, 9.17) is 23.3 Å². The molecule has 0 aromatic carbocycles. The number of unbranched alkanes of at least 4 members (excludes halogenated alkanes) is 29. The highest BCUT2D eigenvalue weighted by molar-refractivity contribution is 7.47. The van der Waals surface area contributed by atoms with Crippen LogP contribution in [0.5, 0.6) is 0 Å². The molecule has 3 unspecified atom stereocenters. The summed E-state index contributed by atoms with van der Waals surface area (Å²) in [6, 6.07) is 0. The topological polar surface area (TPSA) is 155 Å². The molecule has 3 atom stereocenters. The number of carbonyl (C=O) groups excluding carboxylic acids is 3. The first-order valence-corrected chi connectivity index (χ1v) is 31.7. The first-order chi connectivity index (χ1) is 36.2. The van der Waals surface area contributed by atoms with E-state index < -0.39 is 57.8 Å². The second-order valence-corrected chi connectivity index (χ2v) is 21.6. The summed E-state index contributed by atoms with van der Waals surface area (Å²) in [5.74, 6) is -1.49. The Morgan fingerprint density at radius 1 is 0.392 bits per heavy atom. The Balaban J connectivity index is 4.70. The van der Waals surface area contributed by atoms with Gasteiger partial charge in [0.05, 0.1) is 19.8 Å². The molecule has 430 valence electrons. The summed E-state index contributed by atoms with van der Waals surface area (Å²) in [7, 11) is -4.76. The molecule has 0 rings (SSSR count). The predicted octanol–water partition coefficient (Wildman–Crippen LogP) is 17.9. The maximum atomic E-state index is 12.9. The number of allylic oxidation sites excluding steroid dienone is 10. The van der Waals surface area contributed by atoms with Crippen LogP contribution in [0.2, 0.25) is 0 Å². The van der Waals surface area contributed by atoms with E-state index in [0.717, 1.165) is 116 Å². The molecule has 0 aromatic rings. The lowest BCUT2D eigenvalue weighted by atomic mass is 10.0. The second-order valence-electron chi connectivity index (χ2n) is 20.1. The fourth-order valence-electron chi connectivity index (χ4n) is 8.35. The average Bonchev–Trinajstić information content (AvgIpc) is 3.39. The fourth-order valence-corrected chi connectivity index (χ4v) is 9.14. The Labute approximate surface area is 453 Å². The molecular formula is C62H111O11P. The van der Waals surface area contributed by atoms with E-state index in [1.54, 1.807) is 0 Å². The highest BCUT2D eigenvalue weighted by Crippen LogP contribution is 2.43. The SMILES string of the molecule is CC/C=C\C/C=C\C/C=C\CCCCCCCC(=O)OC(COC(=O)CCCCCCCCCCCCCCCCCCCCC)COP(=O)(O)OCC(CO)OC(=O)CCCCCCC/C=C\C/C=C\CCC. The summed E-state index contributed by atoms with van der Waals surface area (Å²) in [6.45, 7) is 4.47. The molecule has 0 spiro atoms. The molecule has 0 aliphatic heterocycles. The van der Waals surface area contributed by atoms with Crippen molar-refractivity contribution in [1.29, 1.82) is 0 Å². The summed E-state index contributed by atoms with van der Waals surface area (Å²) in [5.41, 5.74) is 0. The Morgan fingerprint density at radius 3 is 1.14 bits per heavy atom. The van der Waals surface area contributed by atoms with Crippen molar-refractivity contribution < 1.29 is 52.2 Å². The molecule has 0 aliphatic carbocycles. The highest BCUT2D eigenvalue weighted by Gasteiger charge is 2.28. The van der Waals surface area contributed by atoms with Gasteiger partial charge in [-0.25, -0.2) is 4.57 Å². The van der Waals surface area contributed by atoms with Gasteiger partial charge in [-0.05, 0) is 77.0 Å².